The van der Waals surface area contributed by atoms with Crippen LogP contribution in [0.3, 0.4) is 0 Å². The molecule has 4 nitrogen and oxygen atoms in total. The van der Waals surface area contributed by atoms with Gasteiger partial charge in [-0.15, -0.1) is 11.3 Å². The fourth-order valence-corrected chi connectivity index (χ4v) is 3.75. The maximum Gasteiger partial charge on any atom is 0.234 e. The summed E-state index contributed by atoms with van der Waals surface area (Å²) in [5.74, 6) is 0.0476. The Morgan fingerprint density at radius 1 is 1.16 bits per heavy atom. The maximum atomic E-state index is 12.2. The average molecular weight is 353 g/mol. The van der Waals surface area contributed by atoms with Crippen molar-refractivity contribution >= 4 is 27.5 Å². The number of thiazole rings is 1. The minimum atomic E-state index is 0.0476. The van der Waals surface area contributed by atoms with Crippen LogP contribution in [-0.2, 0) is 11.2 Å². The number of carbonyl (C=O) groups is 1. The first-order valence-electron chi connectivity index (χ1n) is 8.50. The van der Waals surface area contributed by atoms with Crippen molar-refractivity contribution in [2.75, 3.05) is 20.1 Å². The molecule has 1 atom stereocenters. The molecule has 5 heteroatoms. The Hall–Kier alpha value is -2.24. The maximum absolute atomic E-state index is 12.2. The molecule has 2 aromatic carbocycles. The zero-order valence-corrected chi connectivity index (χ0v) is 15.4. The third kappa shape index (κ3) is 4.65. The highest BCUT2D eigenvalue weighted by Gasteiger charge is 2.18. The fraction of sp³-hybridized carbons (Fsp3) is 0.300. The number of carbonyl (C=O) groups excluding carboxylic acids is 1. The van der Waals surface area contributed by atoms with Gasteiger partial charge in [-0.3, -0.25) is 9.69 Å². The highest BCUT2D eigenvalue weighted by Crippen LogP contribution is 2.28. The number of rotatable bonds is 7. The lowest BCUT2D eigenvalue weighted by molar-refractivity contribution is -0.122. The minimum absolute atomic E-state index is 0.0476. The first-order valence-corrected chi connectivity index (χ1v) is 9.31. The van der Waals surface area contributed by atoms with E-state index >= 15 is 0 Å². The number of aromatic nitrogens is 1. The summed E-state index contributed by atoms with van der Waals surface area (Å²) in [5, 5.41) is 4.04. The van der Waals surface area contributed by atoms with Crippen LogP contribution >= 0.6 is 11.3 Å². The highest BCUT2D eigenvalue weighted by atomic mass is 32.1. The predicted molar refractivity (Wildman–Crippen MR) is 104 cm³/mol. The Morgan fingerprint density at radius 3 is 2.64 bits per heavy atom. The molecule has 1 amide bonds. The number of nitrogens with zero attached hydrogens (tertiary/aromatic N) is 2. The molecule has 130 valence electrons. The SMILES string of the molecule is C[C@@H](c1nc2ccccc2s1)N(C)CC(=O)NCCc1ccccc1. The second-order valence-corrected chi connectivity index (χ2v) is 7.26. The van der Waals surface area contributed by atoms with Crippen molar-refractivity contribution in [3.63, 3.8) is 0 Å². The van der Waals surface area contributed by atoms with E-state index in [0.717, 1.165) is 16.9 Å². The predicted octanol–water partition coefficient (Wildman–Crippen LogP) is 3.65. The Balaban J connectivity index is 1.50. The van der Waals surface area contributed by atoms with Crippen LogP contribution in [0.4, 0.5) is 0 Å². The normalized spacial score (nSPS) is 12.4. The van der Waals surface area contributed by atoms with Gasteiger partial charge < -0.3 is 5.32 Å². The quantitative estimate of drug-likeness (QED) is 0.705. The van der Waals surface area contributed by atoms with Gasteiger partial charge in [0.05, 0.1) is 22.8 Å². The lowest BCUT2D eigenvalue weighted by Gasteiger charge is -2.22. The number of likely N-dealkylation sites (N-methyl/N-ethyl adjacent to an activating group) is 1. The Labute approximate surface area is 152 Å². The highest BCUT2D eigenvalue weighted by molar-refractivity contribution is 7.18. The van der Waals surface area contributed by atoms with E-state index in [9.17, 15) is 4.79 Å². The summed E-state index contributed by atoms with van der Waals surface area (Å²) >= 11 is 1.69. The number of hydrogen-bond acceptors (Lipinski definition) is 4. The molecule has 0 radical (unpaired) electrons. The van der Waals surface area contributed by atoms with Gasteiger partial charge in [-0.2, -0.15) is 0 Å². The fourth-order valence-electron chi connectivity index (χ4n) is 2.67. The standard InChI is InChI=1S/C20H23N3OS/c1-15(20-22-17-10-6-7-11-18(17)25-20)23(2)14-19(24)21-13-12-16-8-4-3-5-9-16/h3-11,15H,12-14H2,1-2H3,(H,21,24)/t15-/m0/s1. The summed E-state index contributed by atoms with van der Waals surface area (Å²) in [5.41, 5.74) is 2.26. The molecule has 0 saturated heterocycles. The van der Waals surface area contributed by atoms with Gasteiger partial charge in [0.15, 0.2) is 0 Å². The molecule has 3 rings (SSSR count). The molecule has 25 heavy (non-hydrogen) atoms. The van der Waals surface area contributed by atoms with Crippen LogP contribution in [0.15, 0.2) is 54.6 Å². The number of benzene rings is 2. The van der Waals surface area contributed by atoms with Crippen LogP contribution in [0, 0.1) is 0 Å². The molecule has 0 bridgehead atoms. The minimum Gasteiger partial charge on any atom is -0.355 e. The average Bonchev–Trinajstić information content (AvgIpc) is 3.06. The first-order chi connectivity index (χ1) is 12.1. The first kappa shape index (κ1) is 17.6. The summed E-state index contributed by atoms with van der Waals surface area (Å²) in [4.78, 5) is 18.9. The monoisotopic (exact) mass is 353 g/mol. The zero-order chi connectivity index (χ0) is 17.6. The van der Waals surface area contributed by atoms with E-state index in [4.69, 9.17) is 0 Å². The van der Waals surface area contributed by atoms with E-state index in [1.165, 1.54) is 10.3 Å². The van der Waals surface area contributed by atoms with Gasteiger partial charge in [0.25, 0.3) is 0 Å². The molecule has 0 unspecified atom stereocenters. The molecule has 0 aliphatic carbocycles. The van der Waals surface area contributed by atoms with Crippen molar-refractivity contribution in [3.8, 4) is 0 Å². The van der Waals surface area contributed by atoms with Crippen LogP contribution in [0.5, 0.6) is 0 Å². The number of nitrogens with one attached hydrogen (secondary N) is 1. The second-order valence-electron chi connectivity index (χ2n) is 6.20. The van der Waals surface area contributed by atoms with Gasteiger partial charge in [0.2, 0.25) is 5.91 Å². The van der Waals surface area contributed by atoms with Crippen LogP contribution in [0.2, 0.25) is 0 Å². The molecule has 1 aromatic heterocycles. The van der Waals surface area contributed by atoms with Gasteiger partial charge in [0.1, 0.15) is 5.01 Å². The molecular weight excluding hydrogens is 330 g/mol. The smallest absolute Gasteiger partial charge is 0.234 e. The summed E-state index contributed by atoms with van der Waals surface area (Å²) in [7, 11) is 1.97. The van der Waals surface area contributed by atoms with Gasteiger partial charge in [-0.05, 0) is 38.1 Å². The summed E-state index contributed by atoms with van der Waals surface area (Å²) < 4.78 is 1.19. The topological polar surface area (TPSA) is 45.2 Å². The van der Waals surface area contributed by atoms with E-state index in [-0.39, 0.29) is 11.9 Å². The van der Waals surface area contributed by atoms with Crippen LogP contribution in [0.25, 0.3) is 10.2 Å². The Morgan fingerprint density at radius 2 is 1.88 bits per heavy atom. The molecule has 1 N–H and O–H groups in total. The van der Waals surface area contributed by atoms with Crippen molar-refractivity contribution in [1.29, 1.82) is 0 Å². The van der Waals surface area contributed by atoms with Crippen molar-refractivity contribution in [3.05, 3.63) is 65.2 Å². The van der Waals surface area contributed by atoms with Gasteiger partial charge in [-0.1, -0.05) is 42.5 Å². The third-order valence-electron chi connectivity index (χ3n) is 4.30. The van der Waals surface area contributed by atoms with E-state index in [2.05, 4.69) is 35.4 Å². The Kier molecular flexibility index (Phi) is 5.79. The van der Waals surface area contributed by atoms with Crippen LogP contribution in [0.1, 0.15) is 23.5 Å². The molecule has 3 aromatic rings. The Bertz CT molecular complexity index is 798. The van der Waals surface area contributed by atoms with Gasteiger partial charge >= 0.3 is 0 Å². The molecule has 1 heterocycles. The molecule has 0 fully saturated rings. The van der Waals surface area contributed by atoms with E-state index in [1.54, 1.807) is 11.3 Å². The summed E-state index contributed by atoms with van der Waals surface area (Å²) in [6.07, 6.45) is 0.851. The number of para-hydroxylation sites is 1. The van der Waals surface area contributed by atoms with Crippen molar-refractivity contribution in [2.24, 2.45) is 0 Å². The number of hydrogen-bond donors (Lipinski definition) is 1. The molecule has 0 saturated carbocycles. The number of amides is 1. The molecule has 0 aliphatic rings. The lowest BCUT2D eigenvalue weighted by atomic mass is 10.1. The third-order valence-corrected chi connectivity index (χ3v) is 5.51. The molecular formula is C20H23N3OS. The van der Waals surface area contributed by atoms with Crippen LogP contribution < -0.4 is 5.32 Å². The number of fused-ring (bicyclic) bond motifs is 1. The largest absolute Gasteiger partial charge is 0.355 e. The van der Waals surface area contributed by atoms with Gasteiger partial charge in [0, 0.05) is 6.54 Å². The van der Waals surface area contributed by atoms with E-state index in [1.807, 2.05) is 48.3 Å². The van der Waals surface area contributed by atoms with Crippen LogP contribution in [-0.4, -0.2) is 35.9 Å². The van der Waals surface area contributed by atoms with Gasteiger partial charge in [-0.25, -0.2) is 4.98 Å². The second kappa shape index (κ2) is 8.23. The lowest BCUT2D eigenvalue weighted by Crippen LogP contribution is -2.37. The summed E-state index contributed by atoms with van der Waals surface area (Å²) in [6, 6.07) is 18.4. The van der Waals surface area contributed by atoms with Crippen molar-refractivity contribution < 1.29 is 4.79 Å². The van der Waals surface area contributed by atoms with E-state index in [0.29, 0.717) is 13.1 Å². The molecule has 0 spiro atoms. The summed E-state index contributed by atoms with van der Waals surface area (Å²) in [6.45, 7) is 3.12. The van der Waals surface area contributed by atoms with E-state index < -0.39 is 0 Å². The van der Waals surface area contributed by atoms with Crippen molar-refractivity contribution in [2.45, 2.75) is 19.4 Å². The molecule has 0 aliphatic heterocycles. The van der Waals surface area contributed by atoms with Crippen molar-refractivity contribution in [1.82, 2.24) is 15.2 Å². The zero-order valence-electron chi connectivity index (χ0n) is 14.6.